The van der Waals surface area contributed by atoms with E-state index in [1.165, 1.54) is 36.7 Å². The molecule has 3 rings (SSSR count). The van der Waals surface area contributed by atoms with Crippen molar-refractivity contribution in [3.05, 3.63) is 91.9 Å². The molecule has 0 aliphatic carbocycles. The maximum absolute atomic E-state index is 12.3. The highest BCUT2D eigenvalue weighted by molar-refractivity contribution is 9.10. The number of amides is 2. The van der Waals surface area contributed by atoms with Gasteiger partial charge in [-0.3, -0.25) is 9.59 Å². The Morgan fingerprint density at radius 3 is 1.44 bits per heavy atom. The normalized spacial score (nSPS) is 10.9. The molecule has 174 valence electrons. The zero-order valence-electron chi connectivity index (χ0n) is 18.2. The molecule has 0 saturated carbocycles. The number of methoxy groups -OCH3 is 2. The quantitative estimate of drug-likeness (QED) is 0.293. The van der Waals surface area contributed by atoms with E-state index >= 15 is 0 Å². The number of ether oxygens (including phenoxy) is 2. The number of hydrogen-bond donors (Lipinski definition) is 2. The molecule has 0 bridgehead atoms. The van der Waals surface area contributed by atoms with Crippen LogP contribution in [0.4, 0.5) is 0 Å². The minimum atomic E-state index is -0.414. The van der Waals surface area contributed by atoms with Gasteiger partial charge in [-0.15, -0.1) is 0 Å². The smallest absolute Gasteiger partial charge is 0.271 e. The first kappa shape index (κ1) is 25.1. The molecule has 10 heteroatoms. The molecule has 0 heterocycles. The highest BCUT2D eigenvalue weighted by atomic mass is 79.9. The molecule has 0 radical (unpaired) electrons. The van der Waals surface area contributed by atoms with Gasteiger partial charge >= 0.3 is 0 Å². The summed E-state index contributed by atoms with van der Waals surface area (Å²) in [5, 5.41) is 7.96. The molecular weight excluding hydrogens is 568 g/mol. The first-order valence-corrected chi connectivity index (χ1v) is 11.4. The highest BCUT2D eigenvalue weighted by Gasteiger charge is 2.08. The first-order valence-electron chi connectivity index (χ1n) is 9.85. The summed E-state index contributed by atoms with van der Waals surface area (Å²) in [6.45, 7) is 0. The predicted octanol–water partition coefficient (Wildman–Crippen LogP) is 4.76. The van der Waals surface area contributed by atoms with E-state index in [1.54, 1.807) is 38.5 Å². The van der Waals surface area contributed by atoms with Crippen molar-refractivity contribution >= 4 is 56.1 Å². The fraction of sp³-hybridized carbons (Fsp3) is 0.0833. The third kappa shape index (κ3) is 6.75. The lowest BCUT2D eigenvalue weighted by atomic mass is 10.1. The van der Waals surface area contributed by atoms with Crippen LogP contribution < -0.4 is 20.3 Å². The summed E-state index contributed by atoms with van der Waals surface area (Å²) >= 11 is 6.84. The molecule has 0 aliphatic rings. The Bertz CT molecular complexity index is 1150. The van der Waals surface area contributed by atoms with Crippen molar-refractivity contribution in [2.24, 2.45) is 10.2 Å². The second-order valence-electron chi connectivity index (χ2n) is 6.75. The molecule has 0 aliphatic heterocycles. The number of hydrogen-bond acceptors (Lipinski definition) is 6. The lowest BCUT2D eigenvalue weighted by molar-refractivity contribution is 0.0943. The van der Waals surface area contributed by atoms with E-state index < -0.39 is 11.8 Å². The van der Waals surface area contributed by atoms with Gasteiger partial charge in [0.2, 0.25) is 0 Å². The van der Waals surface area contributed by atoms with Crippen LogP contribution in [0, 0.1) is 0 Å². The van der Waals surface area contributed by atoms with E-state index in [0.29, 0.717) is 22.6 Å². The van der Waals surface area contributed by atoms with E-state index in [4.69, 9.17) is 9.47 Å². The molecule has 2 N–H and O–H groups in total. The molecule has 0 fully saturated rings. The van der Waals surface area contributed by atoms with Gasteiger partial charge in [-0.2, -0.15) is 10.2 Å². The molecule has 0 unspecified atom stereocenters. The number of carbonyl (C=O) groups excluding carboxylic acids is 2. The SMILES string of the molecule is COc1ccc(Br)c(/C=N/NC(=O)c2ccc(C(=O)N/N=C/c3cc(OC)ccc3Br)cc2)c1. The van der Waals surface area contributed by atoms with E-state index in [0.717, 1.165) is 20.1 Å². The minimum absolute atomic E-state index is 0.349. The Hall–Kier alpha value is -3.50. The molecule has 3 aromatic carbocycles. The average molecular weight is 588 g/mol. The Balaban J connectivity index is 1.58. The number of carbonyl (C=O) groups is 2. The van der Waals surface area contributed by atoms with Crippen molar-refractivity contribution in [3.8, 4) is 11.5 Å². The number of nitrogens with zero attached hydrogens (tertiary/aromatic N) is 2. The molecule has 2 amide bonds. The van der Waals surface area contributed by atoms with Crippen molar-refractivity contribution in [2.75, 3.05) is 14.2 Å². The molecule has 0 saturated heterocycles. The maximum Gasteiger partial charge on any atom is 0.271 e. The van der Waals surface area contributed by atoms with Crippen LogP contribution in [-0.2, 0) is 0 Å². The zero-order valence-corrected chi connectivity index (χ0v) is 21.4. The Labute approximate surface area is 213 Å². The van der Waals surface area contributed by atoms with E-state index in [-0.39, 0.29) is 0 Å². The summed E-state index contributed by atoms with van der Waals surface area (Å²) in [5.41, 5.74) is 7.10. The van der Waals surface area contributed by atoms with Crippen molar-refractivity contribution in [2.45, 2.75) is 0 Å². The van der Waals surface area contributed by atoms with Crippen LogP contribution in [0.3, 0.4) is 0 Å². The van der Waals surface area contributed by atoms with Gasteiger partial charge in [-0.25, -0.2) is 10.9 Å². The topological polar surface area (TPSA) is 101 Å². The predicted molar refractivity (Wildman–Crippen MR) is 138 cm³/mol. The van der Waals surface area contributed by atoms with Crippen LogP contribution in [-0.4, -0.2) is 38.5 Å². The van der Waals surface area contributed by atoms with Crippen LogP contribution >= 0.6 is 31.9 Å². The number of halogens is 2. The van der Waals surface area contributed by atoms with Gasteiger partial charge < -0.3 is 9.47 Å². The number of hydrazone groups is 2. The highest BCUT2D eigenvalue weighted by Crippen LogP contribution is 2.21. The van der Waals surface area contributed by atoms with Crippen molar-refractivity contribution < 1.29 is 19.1 Å². The van der Waals surface area contributed by atoms with Gasteiger partial charge in [0.15, 0.2) is 0 Å². The summed E-state index contributed by atoms with van der Waals surface area (Å²) in [5.74, 6) is 0.516. The Kier molecular flexibility index (Phi) is 8.94. The van der Waals surface area contributed by atoms with Gasteiger partial charge in [-0.1, -0.05) is 31.9 Å². The second-order valence-corrected chi connectivity index (χ2v) is 8.46. The monoisotopic (exact) mass is 586 g/mol. The van der Waals surface area contributed by atoms with Crippen molar-refractivity contribution in [1.29, 1.82) is 0 Å². The third-order valence-electron chi connectivity index (χ3n) is 4.56. The molecule has 0 atom stereocenters. The fourth-order valence-electron chi connectivity index (χ4n) is 2.72. The summed E-state index contributed by atoms with van der Waals surface area (Å²) in [6.07, 6.45) is 3.01. The van der Waals surface area contributed by atoms with Crippen LogP contribution in [0.5, 0.6) is 11.5 Å². The summed E-state index contributed by atoms with van der Waals surface area (Å²) in [4.78, 5) is 24.7. The summed E-state index contributed by atoms with van der Waals surface area (Å²) < 4.78 is 12.0. The fourth-order valence-corrected chi connectivity index (χ4v) is 3.42. The van der Waals surface area contributed by atoms with Gasteiger partial charge in [-0.05, 0) is 60.7 Å². The molecule has 8 nitrogen and oxygen atoms in total. The first-order chi connectivity index (χ1) is 16.4. The lowest BCUT2D eigenvalue weighted by Gasteiger charge is -2.05. The summed E-state index contributed by atoms with van der Waals surface area (Å²) in [6, 6.07) is 16.9. The van der Waals surface area contributed by atoms with Gasteiger partial charge in [0.25, 0.3) is 11.8 Å². The standard InChI is InChI=1S/C24H20Br2N4O4/c1-33-19-7-9-21(25)17(11-19)13-27-29-23(31)15-3-5-16(6-4-15)24(32)30-28-14-18-12-20(34-2)8-10-22(18)26/h3-14H,1-2H3,(H,29,31)(H,30,32)/b27-13+,28-14+. The largest absolute Gasteiger partial charge is 0.497 e. The maximum atomic E-state index is 12.3. The van der Waals surface area contributed by atoms with E-state index in [2.05, 4.69) is 52.9 Å². The number of nitrogens with one attached hydrogen (secondary N) is 2. The van der Waals surface area contributed by atoms with Gasteiger partial charge in [0, 0.05) is 31.2 Å². The van der Waals surface area contributed by atoms with Crippen LogP contribution in [0.2, 0.25) is 0 Å². The lowest BCUT2D eigenvalue weighted by Crippen LogP contribution is -2.19. The van der Waals surface area contributed by atoms with Crippen LogP contribution in [0.15, 0.2) is 79.8 Å². The van der Waals surface area contributed by atoms with Crippen LogP contribution in [0.25, 0.3) is 0 Å². The van der Waals surface area contributed by atoms with Crippen molar-refractivity contribution in [3.63, 3.8) is 0 Å². The molecule has 0 spiro atoms. The number of rotatable bonds is 8. The average Bonchev–Trinajstić information content (AvgIpc) is 2.86. The second kappa shape index (κ2) is 12.1. The van der Waals surface area contributed by atoms with E-state index in [9.17, 15) is 9.59 Å². The third-order valence-corrected chi connectivity index (χ3v) is 6.00. The van der Waals surface area contributed by atoms with E-state index in [1.807, 2.05) is 12.1 Å². The van der Waals surface area contributed by atoms with Crippen molar-refractivity contribution in [1.82, 2.24) is 10.9 Å². The Morgan fingerprint density at radius 2 is 1.09 bits per heavy atom. The Morgan fingerprint density at radius 1 is 0.706 bits per heavy atom. The molecular formula is C24H20Br2N4O4. The zero-order chi connectivity index (χ0) is 24.5. The molecule has 0 aromatic heterocycles. The number of benzene rings is 3. The van der Waals surface area contributed by atoms with Crippen LogP contribution in [0.1, 0.15) is 31.8 Å². The van der Waals surface area contributed by atoms with Gasteiger partial charge in [0.05, 0.1) is 26.6 Å². The summed E-state index contributed by atoms with van der Waals surface area (Å²) in [7, 11) is 3.14. The van der Waals surface area contributed by atoms with Gasteiger partial charge in [0.1, 0.15) is 11.5 Å². The minimum Gasteiger partial charge on any atom is -0.497 e. The molecule has 34 heavy (non-hydrogen) atoms. The molecule has 3 aromatic rings.